The summed E-state index contributed by atoms with van der Waals surface area (Å²) in [7, 11) is 0. The molecule has 25 heavy (non-hydrogen) atoms. The molecule has 2 rings (SSSR count). The Bertz CT molecular complexity index is 739. The number of aryl methyl sites for hydroxylation is 1. The van der Waals surface area contributed by atoms with E-state index in [9.17, 15) is 9.59 Å². The van der Waals surface area contributed by atoms with E-state index in [1.165, 1.54) is 0 Å². The van der Waals surface area contributed by atoms with Crippen molar-refractivity contribution in [1.29, 1.82) is 0 Å². The lowest BCUT2D eigenvalue weighted by molar-refractivity contribution is -0.119. The van der Waals surface area contributed by atoms with Gasteiger partial charge in [-0.1, -0.05) is 13.8 Å². The standard InChI is InChI=1S/C16H23BrN6O2/c1-4-7-18-16(25)14-12(10-22(6-3)21-14)20-15(24)13(5-2)23-9-11(17)8-19-23/h8-10,13H,4-7H2,1-3H3,(H,18,25)(H,20,24). The molecule has 8 nitrogen and oxygen atoms in total. The number of hydrogen-bond donors (Lipinski definition) is 2. The number of halogens is 1. The third-order valence-corrected chi connectivity index (χ3v) is 4.08. The van der Waals surface area contributed by atoms with Crippen LogP contribution in [0.1, 0.15) is 50.1 Å². The second kappa shape index (κ2) is 8.80. The van der Waals surface area contributed by atoms with Crippen LogP contribution in [0, 0.1) is 0 Å². The van der Waals surface area contributed by atoms with E-state index in [1.807, 2.05) is 20.8 Å². The minimum atomic E-state index is -0.470. The van der Waals surface area contributed by atoms with Gasteiger partial charge in [-0.15, -0.1) is 0 Å². The van der Waals surface area contributed by atoms with Gasteiger partial charge < -0.3 is 10.6 Å². The van der Waals surface area contributed by atoms with E-state index < -0.39 is 6.04 Å². The zero-order valence-corrected chi connectivity index (χ0v) is 16.2. The summed E-state index contributed by atoms with van der Waals surface area (Å²) in [5.41, 5.74) is 0.630. The molecule has 0 spiro atoms. The number of nitrogens with zero attached hydrogens (tertiary/aromatic N) is 4. The van der Waals surface area contributed by atoms with Gasteiger partial charge in [0, 0.05) is 25.5 Å². The van der Waals surface area contributed by atoms with Gasteiger partial charge in [0.2, 0.25) is 5.91 Å². The SMILES string of the molecule is CCCNC(=O)c1nn(CC)cc1NC(=O)C(CC)n1cc(Br)cn1. The van der Waals surface area contributed by atoms with Gasteiger partial charge in [-0.3, -0.25) is 19.0 Å². The Morgan fingerprint density at radius 1 is 1.28 bits per heavy atom. The van der Waals surface area contributed by atoms with E-state index in [-0.39, 0.29) is 17.5 Å². The predicted molar refractivity (Wildman–Crippen MR) is 98.4 cm³/mol. The summed E-state index contributed by atoms with van der Waals surface area (Å²) in [5, 5.41) is 14.0. The Morgan fingerprint density at radius 2 is 2.04 bits per heavy atom. The van der Waals surface area contributed by atoms with E-state index in [0.717, 1.165) is 10.9 Å². The van der Waals surface area contributed by atoms with Crippen LogP contribution in [0.2, 0.25) is 0 Å². The van der Waals surface area contributed by atoms with Crippen LogP contribution < -0.4 is 10.6 Å². The molecule has 0 aliphatic heterocycles. The molecule has 2 aromatic heterocycles. The Kier molecular flexibility index (Phi) is 6.74. The van der Waals surface area contributed by atoms with Crippen LogP contribution in [0.15, 0.2) is 23.1 Å². The number of carbonyl (C=O) groups is 2. The highest BCUT2D eigenvalue weighted by Gasteiger charge is 2.23. The zero-order chi connectivity index (χ0) is 18.4. The summed E-state index contributed by atoms with van der Waals surface area (Å²) in [6, 6.07) is -0.470. The van der Waals surface area contributed by atoms with Crippen molar-refractivity contribution < 1.29 is 9.59 Å². The molecule has 136 valence electrons. The first-order valence-corrected chi connectivity index (χ1v) is 9.15. The topological polar surface area (TPSA) is 93.8 Å². The summed E-state index contributed by atoms with van der Waals surface area (Å²) in [6.45, 7) is 6.96. The van der Waals surface area contributed by atoms with Crippen LogP contribution in [0.25, 0.3) is 0 Å². The lowest BCUT2D eigenvalue weighted by atomic mass is 10.2. The first-order valence-electron chi connectivity index (χ1n) is 8.36. The van der Waals surface area contributed by atoms with Crippen LogP contribution in [-0.2, 0) is 11.3 Å². The van der Waals surface area contributed by atoms with Crippen molar-refractivity contribution in [2.24, 2.45) is 0 Å². The number of carbonyl (C=O) groups excluding carboxylic acids is 2. The number of hydrogen-bond acceptors (Lipinski definition) is 4. The summed E-state index contributed by atoms with van der Waals surface area (Å²) >= 11 is 3.33. The van der Waals surface area contributed by atoms with E-state index in [4.69, 9.17) is 0 Å². The molecule has 2 amide bonds. The van der Waals surface area contributed by atoms with Crippen molar-refractivity contribution in [2.75, 3.05) is 11.9 Å². The maximum atomic E-state index is 12.7. The van der Waals surface area contributed by atoms with Crippen molar-refractivity contribution in [3.8, 4) is 0 Å². The molecule has 0 saturated heterocycles. The summed E-state index contributed by atoms with van der Waals surface area (Å²) < 4.78 is 4.03. The van der Waals surface area contributed by atoms with Crippen molar-refractivity contribution >= 4 is 33.4 Å². The van der Waals surface area contributed by atoms with Crippen LogP contribution in [0.5, 0.6) is 0 Å². The van der Waals surface area contributed by atoms with Crippen molar-refractivity contribution in [1.82, 2.24) is 24.9 Å². The predicted octanol–water partition coefficient (Wildman–Crippen LogP) is 2.59. The van der Waals surface area contributed by atoms with Crippen molar-refractivity contribution in [3.05, 3.63) is 28.8 Å². The Hall–Kier alpha value is -2.16. The second-order valence-electron chi connectivity index (χ2n) is 5.55. The van der Waals surface area contributed by atoms with Crippen LogP contribution in [0.3, 0.4) is 0 Å². The number of anilines is 1. The minimum Gasteiger partial charge on any atom is -0.351 e. The summed E-state index contributed by atoms with van der Waals surface area (Å²) in [6.07, 6.45) is 6.45. The highest BCUT2D eigenvalue weighted by Crippen LogP contribution is 2.20. The molecule has 2 aromatic rings. The molecule has 2 N–H and O–H groups in total. The molecule has 2 heterocycles. The van der Waals surface area contributed by atoms with Gasteiger partial charge in [-0.05, 0) is 35.7 Å². The molecule has 9 heteroatoms. The molecule has 0 aromatic carbocycles. The number of rotatable bonds is 8. The normalized spacial score (nSPS) is 12.0. The van der Waals surface area contributed by atoms with Gasteiger partial charge in [0.1, 0.15) is 6.04 Å². The molecule has 0 bridgehead atoms. The Labute approximate surface area is 155 Å². The average Bonchev–Trinajstić information content (AvgIpc) is 3.19. The molecule has 1 unspecified atom stereocenters. The number of aromatic nitrogens is 4. The van der Waals surface area contributed by atoms with Crippen LogP contribution in [-0.4, -0.2) is 37.9 Å². The van der Waals surface area contributed by atoms with Crippen LogP contribution in [0.4, 0.5) is 5.69 Å². The highest BCUT2D eigenvalue weighted by molar-refractivity contribution is 9.10. The molecule has 0 aliphatic rings. The average molecular weight is 411 g/mol. The molecule has 0 fully saturated rings. The lowest BCUT2D eigenvalue weighted by Gasteiger charge is -2.15. The molecule has 0 saturated carbocycles. The van der Waals surface area contributed by atoms with Crippen molar-refractivity contribution in [2.45, 2.75) is 46.2 Å². The Morgan fingerprint density at radius 3 is 2.60 bits per heavy atom. The van der Waals surface area contributed by atoms with Gasteiger partial charge in [0.25, 0.3) is 5.91 Å². The van der Waals surface area contributed by atoms with Crippen molar-refractivity contribution in [3.63, 3.8) is 0 Å². The second-order valence-corrected chi connectivity index (χ2v) is 6.47. The van der Waals surface area contributed by atoms with Gasteiger partial charge >= 0.3 is 0 Å². The van der Waals surface area contributed by atoms with Gasteiger partial charge in [-0.25, -0.2) is 0 Å². The zero-order valence-electron chi connectivity index (χ0n) is 14.6. The maximum Gasteiger partial charge on any atom is 0.273 e. The van der Waals surface area contributed by atoms with E-state index in [1.54, 1.807) is 28.0 Å². The van der Waals surface area contributed by atoms with Gasteiger partial charge in [0.15, 0.2) is 5.69 Å². The minimum absolute atomic E-state index is 0.222. The van der Waals surface area contributed by atoms with E-state index in [2.05, 4.69) is 36.8 Å². The highest BCUT2D eigenvalue weighted by atomic mass is 79.9. The fraction of sp³-hybridized carbons (Fsp3) is 0.500. The molecule has 1 atom stereocenters. The first kappa shape index (κ1) is 19.2. The van der Waals surface area contributed by atoms with Crippen LogP contribution >= 0.6 is 15.9 Å². The Balaban J connectivity index is 2.21. The van der Waals surface area contributed by atoms with Gasteiger partial charge in [-0.2, -0.15) is 10.2 Å². The fourth-order valence-electron chi connectivity index (χ4n) is 2.36. The summed E-state index contributed by atoms with van der Waals surface area (Å²) in [4.78, 5) is 25.0. The lowest BCUT2D eigenvalue weighted by Crippen LogP contribution is -2.29. The fourth-order valence-corrected chi connectivity index (χ4v) is 2.66. The largest absolute Gasteiger partial charge is 0.351 e. The maximum absolute atomic E-state index is 12.7. The quantitative estimate of drug-likeness (QED) is 0.698. The van der Waals surface area contributed by atoms with E-state index in [0.29, 0.717) is 25.2 Å². The molecular weight excluding hydrogens is 388 g/mol. The number of nitrogens with one attached hydrogen (secondary N) is 2. The molecule has 0 aliphatic carbocycles. The van der Waals surface area contributed by atoms with Gasteiger partial charge in [0.05, 0.1) is 16.4 Å². The third-order valence-electron chi connectivity index (χ3n) is 3.67. The third kappa shape index (κ3) is 4.68. The monoisotopic (exact) mass is 410 g/mol. The molecule has 0 radical (unpaired) electrons. The summed E-state index contributed by atoms with van der Waals surface area (Å²) in [5.74, 6) is -0.530. The molecular formula is C16H23BrN6O2. The first-order chi connectivity index (χ1) is 12.0. The smallest absolute Gasteiger partial charge is 0.273 e. The number of amides is 2. The van der Waals surface area contributed by atoms with E-state index >= 15 is 0 Å².